The van der Waals surface area contributed by atoms with Gasteiger partial charge in [-0.3, -0.25) is 4.79 Å². The second kappa shape index (κ2) is 5.40. The van der Waals surface area contributed by atoms with E-state index in [0.29, 0.717) is 6.54 Å². The van der Waals surface area contributed by atoms with Crippen molar-refractivity contribution in [2.45, 2.75) is 12.8 Å². The number of likely N-dealkylation sites (N-methyl/N-ethyl adjacent to an activating group) is 1. The number of hydrogen-bond acceptors (Lipinski definition) is 3. The van der Waals surface area contributed by atoms with Crippen LogP contribution in [0.15, 0.2) is 24.3 Å². The van der Waals surface area contributed by atoms with Gasteiger partial charge in [0.15, 0.2) is 0 Å². The molecule has 1 aromatic carbocycles. The quantitative estimate of drug-likeness (QED) is 0.884. The zero-order valence-electron chi connectivity index (χ0n) is 10.8. The SMILES string of the molecule is CCN1C[C@H](C(=O)O)[C@@H](c2ccc(OC)cc2)C1. The fraction of sp³-hybridized carbons (Fsp3) is 0.500. The summed E-state index contributed by atoms with van der Waals surface area (Å²) in [7, 11) is 1.63. The highest BCUT2D eigenvalue weighted by molar-refractivity contribution is 5.72. The Bertz CT molecular complexity index is 416. The summed E-state index contributed by atoms with van der Waals surface area (Å²) >= 11 is 0. The monoisotopic (exact) mass is 249 g/mol. The Kier molecular flexibility index (Phi) is 3.87. The second-order valence-corrected chi connectivity index (χ2v) is 4.68. The molecule has 0 aromatic heterocycles. The lowest BCUT2D eigenvalue weighted by Gasteiger charge is -2.15. The summed E-state index contributed by atoms with van der Waals surface area (Å²) < 4.78 is 5.12. The molecule has 0 bridgehead atoms. The van der Waals surface area contributed by atoms with Crippen molar-refractivity contribution in [2.24, 2.45) is 5.92 Å². The van der Waals surface area contributed by atoms with Gasteiger partial charge in [0, 0.05) is 19.0 Å². The van der Waals surface area contributed by atoms with Gasteiger partial charge in [0.05, 0.1) is 13.0 Å². The Labute approximate surface area is 107 Å². The molecule has 1 aliphatic heterocycles. The average Bonchev–Trinajstić information content (AvgIpc) is 2.83. The van der Waals surface area contributed by atoms with E-state index in [4.69, 9.17) is 4.74 Å². The lowest BCUT2D eigenvalue weighted by atomic mass is 9.89. The third kappa shape index (κ3) is 2.48. The molecule has 2 rings (SSSR count). The van der Waals surface area contributed by atoms with Crippen LogP contribution >= 0.6 is 0 Å². The number of carboxylic acid groups (broad SMARTS) is 1. The van der Waals surface area contributed by atoms with E-state index >= 15 is 0 Å². The summed E-state index contributed by atoms with van der Waals surface area (Å²) in [4.78, 5) is 13.5. The third-order valence-electron chi connectivity index (χ3n) is 3.70. The Hall–Kier alpha value is -1.55. The van der Waals surface area contributed by atoms with Crippen LogP contribution in [0.2, 0.25) is 0 Å². The number of carbonyl (C=O) groups is 1. The second-order valence-electron chi connectivity index (χ2n) is 4.68. The summed E-state index contributed by atoms with van der Waals surface area (Å²) in [5, 5.41) is 9.31. The molecule has 0 unspecified atom stereocenters. The lowest BCUT2D eigenvalue weighted by Crippen LogP contribution is -2.23. The molecule has 0 saturated carbocycles. The third-order valence-corrected chi connectivity index (χ3v) is 3.70. The van der Waals surface area contributed by atoms with Crippen LogP contribution < -0.4 is 4.74 Å². The largest absolute Gasteiger partial charge is 0.497 e. The minimum absolute atomic E-state index is 0.0772. The maximum absolute atomic E-state index is 11.3. The highest BCUT2D eigenvalue weighted by atomic mass is 16.5. The summed E-state index contributed by atoms with van der Waals surface area (Å²) in [6.45, 7) is 4.42. The van der Waals surface area contributed by atoms with E-state index in [1.165, 1.54) is 0 Å². The van der Waals surface area contributed by atoms with Crippen molar-refractivity contribution in [3.05, 3.63) is 29.8 Å². The smallest absolute Gasteiger partial charge is 0.308 e. The topological polar surface area (TPSA) is 49.8 Å². The Balaban J connectivity index is 2.21. The predicted molar refractivity (Wildman–Crippen MR) is 69.0 cm³/mol. The van der Waals surface area contributed by atoms with Crippen LogP contribution in [0.3, 0.4) is 0 Å². The van der Waals surface area contributed by atoms with Crippen LogP contribution in [-0.4, -0.2) is 42.7 Å². The van der Waals surface area contributed by atoms with Gasteiger partial charge in [-0.1, -0.05) is 19.1 Å². The van der Waals surface area contributed by atoms with E-state index < -0.39 is 5.97 Å². The number of carboxylic acids is 1. The Morgan fingerprint density at radius 1 is 1.39 bits per heavy atom. The number of rotatable bonds is 4. The molecular formula is C14H19NO3. The number of aliphatic carboxylic acids is 1. The van der Waals surface area contributed by atoms with E-state index in [-0.39, 0.29) is 11.8 Å². The van der Waals surface area contributed by atoms with Crippen molar-refractivity contribution in [3.8, 4) is 5.75 Å². The van der Waals surface area contributed by atoms with Gasteiger partial charge in [0.25, 0.3) is 0 Å². The lowest BCUT2D eigenvalue weighted by molar-refractivity contribution is -0.141. The van der Waals surface area contributed by atoms with Gasteiger partial charge in [-0.25, -0.2) is 0 Å². The summed E-state index contributed by atoms with van der Waals surface area (Å²) in [6.07, 6.45) is 0. The van der Waals surface area contributed by atoms with Crippen LogP contribution in [0.25, 0.3) is 0 Å². The zero-order chi connectivity index (χ0) is 13.1. The fourth-order valence-corrected chi connectivity index (χ4v) is 2.58. The van der Waals surface area contributed by atoms with Gasteiger partial charge in [0.2, 0.25) is 0 Å². The molecule has 4 heteroatoms. The first-order valence-corrected chi connectivity index (χ1v) is 6.24. The summed E-state index contributed by atoms with van der Waals surface area (Å²) in [5.74, 6) is -0.130. The molecule has 4 nitrogen and oxygen atoms in total. The van der Waals surface area contributed by atoms with Crippen molar-refractivity contribution in [3.63, 3.8) is 0 Å². The first kappa shape index (κ1) is 12.9. The molecule has 0 radical (unpaired) electrons. The molecule has 0 spiro atoms. The number of ether oxygens (including phenoxy) is 1. The van der Waals surface area contributed by atoms with Gasteiger partial charge in [-0.2, -0.15) is 0 Å². The number of hydrogen-bond donors (Lipinski definition) is 1. The summed E-state index contributed by atoms with van der Waals surface area (Å²) in [5.41, 5.74) is 1.08. The number of nitrogens with zero attached hydrogens (tertiary/aromatic N) is 1. The predicted octanol–water partition coefficient (Wildman–Crippen LogP) is 1.82. The molecule has 1 aliphatic rings. The molecule has 2 atom stereocenters. The van der Waals surface area contributed by atoms with Gasteiger partial charge in [0.1, 0.15) is 5.75 Å². The molecule has 0 amide bonds. The van der Waals surface area contributed by atoms with Crippen molar-refractivity contribution in [2.75, 3.05) is 26.7 Å². The molecule has 1 N–H and O–H groups in total. The van der Waals surface area contributed by atoms with Gasteiger partial charge in [-0.05, 0) is 24.2 Å². The summed E-state index contributed by atoms with van der Waals surface area (Å²) in [6, 6.07) is 7.73. The standard InChI is InChI=1S/C14H19NO3/c1-3-15-8-12(13(9-15)14(16)17)10-4-6-11(18-2)7-5-10/h4-7,12-13H,3,8-9H2,1-2H3,(H,16,17)/t12-,13+/m1/s1. The average molecular weight is 249 g/mol. The zero-order valence-corrected chi connectivity index (χ0v) is 10.8. The highest BCUT2D eigenvalue weighted by Gasteiger charge is 2.37. The van der Waals surface area contributed by atoms with E-state index in [2.05, 4.69) is 11.8 Å². The molecule has 1 heterocycles. The molecule has 1 aromatic rings. The van der Waals surface area contributed by atoms with E-state index in [0.717, 1.165) is 24.4 Å². The van der Waals surface area contributed by atoms with Crippen LogP contribution in [-0.2, 0) is 4.79 Å². The van der Waals surface area contributed by atoms with Crippen molar-refractivity contribution >= 4 is 5.97 Å². The Morgan fingerprint density at radius 2 is 2.06 bits per heavy atom. The van der Waals surface area contributed by atoms with Crippen LogP contribution in [0.5, 0.6) is 5.75 Å². The van der Waals surface area contributed by atoms with Crippen LogP contribution in [0.1, 0.15) is 18.4 Å². The van der Waals surface area contributed by atoms with Gasteiger partial charge < -0.3 is 14.7 Å². The maximum Gasteiger partial charge on any atom is 0.308 e. The first-order valence-electron chi connectivity index (χ1n) is 6.24. The fourth-order valence-electron chi connectivity index (χ4n) is 2.58. The van der Waals surface area contributed by atoms with Crippen molar-refractivity contribution in [1.82, 2.24) is 4.90 Å². The van der Waals surface area contributed by atoms with Gasteiger partial charge in [-0.15, -0.1) is 0 Å². The molecule has 98 valence electrons. The maximum atomic E-state index is 11.3. The number of likely N-dealkylation sites (tertiary alicyclic amines) is 1. The molecular weight excluding hydrogens is 230 g/mol. The minimum Gasteiger partial charge on any atom is -0.497 e. The van der Waals surface area contributed by atoms with Gasteiger partial charge >= 0.3 is 5.97 Å². The molecule has 1 saturated heterocycles. The van der Waals surface area contributed by atoms with Crippen molar-refractivity contribution < 1.29 is 14.6 Å². The Morgan fingerprint density at radius 3 is 2.56 bits per heavy atom. The molecule has 1 fully saturated rings. The molecule has 18 heavy (non-hydrogen) atoms. The molecule has 0 aliphatic carbocycles. The minimum atomic E-state index is -0.702. The van der Waals surface area contributed by atoms with E-state index in [1.807, 2.05) is 24.3 Å². The normalized spacial score (nSPS) is 24.1. The first-order chi connectivity index (χ1) is 8.65. The van der Waals surface area contributed by atoms with Crippen LogP contribution in [0.4, 0.5) is 0 Å². The highest BCUT2D eigenvalue weighted by Crippen LogP contribution is 2.33. The van der Waals surface area contributed by atoms with Crippen LogP contribution in [0, 0.1) is 5.92 Å². The van der Waals surface area contributed by atoms with E-state index in [9.17, 15) is 9.90 Å². The van der Waals surface area contributed by atoms with Crippen molar-refractivity contribution in [1.29, 1.82) is 0 Å². The number of benzene rings is 1. The van der Waals surface area contributed by atoms with E-state index in [1.54, 1.807) is 7.11 Å². The number of methoxy groups -OCH3 is 1.